The first-order valence-electron chi connectivity index (χ1n) is 37.1. The van der Waals surface area contributed by atoms with E-state index in [1.54, 1.807) is 0 Å². The molecule has 10 rings (SSSR count). The number of ether oxygens (including phenoxy) is 4. The molecule has 0 spiro atoms. The van der Waals surface area contributed by atoms with Crippen molar-refractivity contribution in [1.29, 1.82) is 0 Å². The smallest absolute Gasteiger partial charge is 0.779 e. The predicted molar refractivity (Wildman–Crippen MR) is 415 cm³/mol. The fourth-order valence-corrected chi connectivity index (χ4v) is 13.7. The van der Waals surface area contributed by atoms with E-state index in [0.29, 0.717) is 71.0 Å². The third-order valence-corrected chi connectivity index (χ3v) is 19.8. The van der Waals surface area contributed by atoms with Crippen LogP contribution in [0.2, 0.25) is 0 Å². The fourth-order valence-electron chi connectivity index (χ4n) is 13.0. The Morgan fingerprint density at radius 2 is 0.368 bits per heavy atom. The van der Waals surface area contributed by atoms with Gasteiger partial charge in [0.2, 0.25) is 0 Å². The number of benzene rings is 6. The maximum absolute atomic E-state index is 6.41. The second-order valence-corrected chi connectivity index (χ2v) is 31.6. The molecule has 0 aromatic heterocycles. The molecule has 0 N–H and O–H groups in total. The van der Waals surface area contributed by atoms with Crippen LogP contribution < -0.4 is 0 Å². The van der Waals surface area contributed by atoms with Crippen LogP contribution in [0.15, 0.2) is 94.7 Å². The monoisotopic (exact) mass is 1490 g/mol. The Bertz CT molecular complexity index is 2680. The fraction of sp³-hybridized carbons (Fsp3) is 0.591. The van der Waals surface area contributed by atoms with Crippen molar-refractivity contribution in [3.8, 4) is 44.5 Å². The molecule has 0 bridgehead atoms. The molecule has 0 saturated carbocycles. The van der Waals surface area contributed by atoms with E-state index >= 15 is 0 Å². The molecule has 4 fully saturated rings. The van der Waals surface area contributed by atoms with Crippen molar-refractivity contribution >= 4 is 25.3 Å². The molecule has 95 heavy (non-hydrogen) atoms. The minimum atomic E-state index is 0. The van der Waals surface area contributed by atoms with E-state index in [4.69, 9.17) is 44.2 Å². The van der Waals surface area contributed by atoms with Gasteiger partial charge in [0.1, 0.15) is 0 Å². The van der Waals surface area contributed by atoms with E-state index in [1.165, 1.54) is 163 Å². The summed E-state index contributed by atoms with van der Waals surface area (Å²) in [5.74, 6) is 5.39. The van der Waals surface area contributed by atoms with Crippen molar-refractivity contribution < 1.29 is 65.9 Å². The first-order chi connectivity index (χ1) is 44.5. The third kappa shape index (κ3) is 24.1. The zero-order valence-corrected chi connectivity index (χ0v) is 67.4. The van der Waals surface area contributed by atoms with Crippen LogP contribution in [0.4, 0.5) is 0 Å². The van der Waals surface area contributed by atoms with Gasteiger partial charge in [-0.3, -0.25) is 0 Å². The Balaban J connectivity index is 0.000000307. The normalized spacial score (nSPS) is 14.6. The van der Waals surface area contributed by atoms with Crippen LogP contribution in [-0.2, 0) is 44.2 Å². The molecular weight excluding hydrogens is 1360 g/mol. The molecule has 0 radical (unpaired) electrons. The van der Waals surface area contributed by atoms with Crippen molar-refractivity contribution in [3.05, 3.63) is 152 Å². The largest absolute Gasteiger partial charge is 2.00 e. The zero-order chi connectivity index (χ0) is 69.7. The Morgan fingerprint density at radius 3 is 0.463 bits per heavy atom. The quantitative estimate of drug-likeness (QED) is 0.0899. The summed E-state index contributed by atoms with van der Waals surface area (Å²) in [5, 5.41) is 0. The molecule has 0 atom stereocenters. The van der Waals surface area contributed by atoms with Crippen LogP contribution in [0.3, 0.4) is 0 Å². The summed E-state index contributed by atoms with van der Waals surface area (Å²) in [4.78, 5) is 1.98. The Morgan fingerprint density at radius 1 is 0.232 bits per heavy atom. The predicted octanol–water partition coefficient (Wildman–Crippen LogP) is 26.5. The average Bonchev–Trinajstić information content (AvgIpc) is 0.804. The van der Waals surface area contributed by atoms with Crippen LogP contribution >= 0.6 is 0 Å². The SMILES string of the molecule is C1CCOC1.C1CCOC1.C1CCOC1.C1CCOC1.CC(C)c1cc(C(C)C)c(-c2cccc(-c3c(C(C)C)cc(C(C)C)cc3C(C)C)c2[S-])c(C(C)C)c1.CC(C)c1cc(C(C)C)c(-c2cccc(-c3c(C(C)C)cc(C(C)C)cc3C(C)C)c2[S-])c(C(C)C)c1.[Yb+2]. The van der Waals surface area contributed by atoms with Crippen LogP contribution in [-0.4, -0.2) is 52.9 Å². The summed E-state index contributed by atoms with van der Waals surface area (Å²) in [5.41, 5.74) is 27.3. The molecule has 4 aliphatic rings. The first kappa shape index (κ1) is 84.5. The minimum Gasteiger partial charge on any atom is -0.779 e. The van der Waals surface area contributed by atoms with Gasteiger partial charge in [0.25, 0.3) is 0 Å². The molecule has 0 amide bonds. The van der Waals surface area contributed by atoms with Crippen LogP contribution in [0.25, 0.3) is 44.5 Å². The van der Waals surface area contributed by atoms with Crippen molar-refractivity contribution in [2.24, 2.45) is 0 Å². The summed E-state index contributed by atoms with van der Waals surface area (Å²) in [7, 11) is 0. The van der Waals surface area contributed by atoms with E-state index < -0.39 is 0 Å². The molecule has 6 aromatic rings. The molecule has 532 valence electrons. The number of hydrogen-bond acceptors (Lipinski definition) is 6. The van der Waals surface area contributed by atoms with Crippen molar-refractivity contribution in [1.82, 2.24) is 0 Å². The minimum absolute atomic E-state index is 0. The van der Waals surface area contributed by atoms with Gasteiger partial charge in [0, 0.05) is 52.9 Å². The second kappa shape index (κ2) is 41.8. The first-order valence-corrected chi connectivity index (χ1v) is 38.0. The van der Waals surface area contributed by atoms with E-state index in [9.17, 15) is 0 Å². The van der Waals surface area contributed by atoms with E-state index in [1.807, 2.05) is 0 Å². The number of hydrogen-bond donors (Lipinski definition) is 0. The Kier molecular flexibility index (Phi) is 37.2. The van der Waals surface area contributed by atoms with Crippen molar-refractivity contribution in [2.45, 2.75) is 298 Å². The second-order valence-electron chi connectivity index (χ2n) is 30.8. The van der Waals surface area contributed by atoms with Crippen LogP contribution in [0.1, 0.15) is 355 Å². The van der Waals surface area contributed by atoms with Gasteiger partial charge in [-0.15, -0.1) is 0 Å². The van der Waals surface area contributed by atoms with Gasteiger partial charge in [-0.25, -0.2) is 0 Å². The van der Waals surface area contributed by atoms with Gasteiger partial charge in [-0.1, -0.05) is 251 Å². The number of rotatable bonds is 16. The zero-order valence-electron chi connectivity index (χ0n) is 64.0. The molecule has 7 heteroatoms. The van der Waals surface area contributed by atoms with Crippen LogP contribution in [0, 0.1) is 46.9 Å². The summed E-state index contributed by atoms with van der Waals surface area (Å²) >= 11 is 12.8. The third-order valence-electron chi connectivity index (χ3n) is 18.9. The standard InChI is InChI=1S/2C36H50S.4C4H8O.Yb/c2*1-20(2)26-16-30(22(5)6)34(31(17-26)23(7)8)28-14-13-15-29(36(28)37)35-32(24(9)10)18-27(21(3)4)19-33(35)25(11)12;4*1-2-4-5-3-1;/h2*13-25,37H,1-12H3;4*1-4H2;/q;;;;;;+2/p-2. The Labute approximate surface area is 632 Å². The summed E-state index contributed by atoms with van der Waals surface area (Å²) in [6.07, 6.45) is 10.2. The topological polar surface area (TPSA) is 36.9 Å². The van der Waals surface area contributed by atoms with Gasteiger partial charge >= 0.3 is 46.9 Å². The van der Waals surface area contributed by atoms with Gasteiger partial charge < -0.3 is 44.2 Å². The molecule has 0 aliphatic carbocycles. The summed E-state index contributed by atoms with van der Waals surface area (Å²) in [6, 6.07) is 33.0. The average molecular weight is 1490 g/mol. The molecule has 4 heterocycles. The van der Waals surface area contributed by atoms with Crippen molar-refractivity contribution in [2.75, 3.05) is 52.9 Å². The molecular formula is C88H130O4S2Yb. The molecule has 4 nitrogen and oxygen atoms in total. The van der Waals surface area contributed by atoms with E-state index in [2.05, 4.69) is 251 Å². The summed E-state index contributed by atoms with van der Waals surface area (Å²) < 4.78 is 19.8. The Hall–Kier alpha value is -2.88. The summed E-state index contributed by atoms with van der Waals surface area (Å²) in [6.45, 7) is 63.5. The molecule has 6 aromatic carbocycles. The molecule has 0 unspecified atom stereocenters. The van der Waals surface area contributed by atoms with Gasteiger partial charge in [-0.2, -0.15) is 9.79 Å². The van der Waals surface area contributed by atoms with E-state index in [0.717, 1.165) is 62.6 Å². The molecule has 4 aliphatic heterocycles. The van der Waals surface area contributed by atoms with E-state index in [-0.39, 0.29) is 46.9 Å². The van der Waals surface area contributed by atoms with Gasteiger partial charge in [-0.05, 0) is 234 Å². The van der Waals surface area contributed by atoms with Crippen LogP contribution in [0.5, 0.6) is 0 Å². The van der Waals surface area contributed by atoms with Gasteiger partial charge in [0.05, 0.1) is 0 Å². The molecule has 4 saturated heterocycles. The van der Waals surface area contributed by atoms with Gasteiger partial charge in [0.15, 0.2) is 0 Å². The maximum atomic E-state index is 6.41. The maximum Gasteiger partial charge on any atom is 2.00 e. The van der Waals surface area contributed by atoms with Crippen molar-refractivity contribution in [3.63, 3.8) is 0 Å².